The molecule has 0 spiro atoms. The van der Waals surface area contributed by atoms with Crippen LogP contribution < -0.4 is 5.73 Å². The first-order valence-electron chi connectivity index (χ1n) is 8.20. The number of carbonyl (C=O) groups is 1. The Morgan fingerprint density at radius 2 is 1.08 bits per heavy atom. The predicted octanol–water partition coefficient (Wildman–Crippen LogP) is 5.29. The minimum atomic E-state index is -0.211. The number of carbonyl (C=O) groups excluding carboxylic acids is 1. The normalized spacial score (nSPS) is 9.71. The molecule has 0 heterocycles. The molecule has 0 saturated carbocycles. The lowest BCUT2D eigenvalue weighted by Gasteiger charge is -2.09. The molecule has 2 nitrogen and oxygen atoms in total. The maximum Gasteiger partial charge on any atom is 0.217 e. The highest BCUT2D eigenvalue weighted by Gasteiger charge is 2.05. The van der Waals surface area contributed by atoms with E-state index in [1.54, 1.807) is 0 Å². The molecule has 3 aromatic carbocycles. The average molecular weight is 317 g/mol. The van der Waals surface area contributed by atoms with E-state index in [1.165, 1.54) is 22.3 Å². The van der Waals surface area contributed by atoms with Crippen molar-refractivity contribution in [3.05, 3.63) is 84.9 Å². The van der Waals surface area contributed by atoms with Gasteiger partial charge < -0.3 is 5.73 Å². The van der Waals surface area contributed by atoms with Crippen LogP contribution in [-0.2, 0) is 4.79 Å². The van der Waals surface area contributed by atoms with E-state index >= 15 is 0 Å². The van der Waals surface area contributed by atoms with Crippen molar-refractivity contribution in [2.24, 2.45) is 5.73 Å². The summed E-state index contributed by atoms with van der Waals surface area (Å²) < 4.78 is 0. The van der Waals surface area contributed by atoms with Gasteiger partial charge in [-0.3, -0.25) is 4.79 Å². The van der Waals surface area contributed by atoms with Gasteiger partial charge in [-0.15, -0.1) is 0 Å². The number of hydrogen-bond donors (Lipinski definition) is 1. The smallest absolute Gasteiger partial charge is 0.217 e. The maximum atomic E-state index is 9.82. The number of amides is 1. The van der Waals surface area contributed by atoms with Crippen LogP contribution >= 0.6 is 0 Å². The first-order chi connectivity index (χ1) is 11.7. The van der Waals surface area contributed by atoms with Crippen LogP contribution in [0.2, 0.25) is 0 Å². The van der Waals surface area contributed by atoms with Gasteiger partial charge in [0.2, 0.25) is 5.91 Å². The van der Waals surface area contributed by atoms with Gasteiger partial charge in [0.05, 0.1) is 0 Å². The van der Waals surface area contributed by atoms with E-state index in [-0.39, 0.29) is 5.91 Å². The van der Waals surface area contributed by atoms with E-state index in [1.807, 2.05) is 6.92 Å². The summed E-state index contributed by atoms with van der Waals surface area (Å²) >= 11 is 0. The van der Waals surface area contributed by atoms with Crippen LogP contribution in [0.25, 0.3) is 22.3 Å². The van der Waals surface area contributed by atoms with Crippen molar-refractivity contribution in [2.75, 3.05) is 0 Å². The summed E-state index contributed by atoms with van der Waals surface area (Å²) in [4.78, 5) is 9.82. The van der Waals surface area contributed by atoms with Gasteiger partial charge in [0.15, 0.2) is 0 Å². The molecule has 0 fully saturated rings. The number of nitrogens with two attached hydrogens (primary N) is 1. The quantitative estimate of drug-likeness (QED) is 0.698. The first-order valence-corrected chi connectivity index (χ1v) is 8.20. The van der Waals surface area contributed by atoms with Gasteiger partial charge in [-0.1, -0.05) is 91.9 Å². The van der Waals surface area contributed by atoms with Crippen LogP contribution in [0.5, 0.6) is 0 Å². The zero-order valence-corrected chi connectivity index (χ0v) is 14.0. The number of benzene rings is 3. The van der Waals surface area contributed by atoms with Gasteiger partial charge in [-0.05, 0) is 28.7 Å². The molecule has 0 radical (unpaired) electrons. The van der Waals surface area contributed by atoms with E-state index in [2.05, 4.69) is 84.9 Å². The lowest BCUT2D eigenvalue weighted by atomic mass is 9.95. The average Bonchev–Trinajstić information content (AvgIpc) is 2.64. The fourth-order valence-electron chi connectivity index (χ4n) is 2.47. The van der Waals surface area contributed by atoms with E-state index in [9.17, 15) is 4.79 Å². The lowest BCUT2D eigenvalue weighted by Crippen LogP contribution is -2.08. The van der Waals surface area contributed by atoms with Crippen molar-refractivity contribution in [3.63, 3.8) is 0 Å². The molecule has 0 aromatic heterocycles. The van der Waals surface area contributed by atoms with E-state index in [0.717, 1.165) is 6.42 Å². The second-order valence-corrected chi connectivity index (χ2v) is 5.49. The molecule has 2 N–H and O–H groups in total. The van der Waals surface area contributed by atoms with Crippen molar-refractivity contribution in [1.29, 1.82) is 0 Å². The molecule has 0 aliphatic carbocycles. The summed E-state index contributed by atoms with van der Waals surface area (Å²) in [7, 11) is 0. The molecular formula is C22H23NO. The van der Waals surface area contributed by atoms with Crippen molar-refractivity contribution in [1.82, 2.24) is 0 Å². The predicted molar refractivity (Wildman–Crippen MR) is 101 cm³/mol. The lowest BCUT2D eigenvalue weighted by molar-refractivity contribution is -0.118. The summed E-state index contributed by atoms with van der Waals surface area (Å²) in [5.41, 5.74) is 9.85. The van der Waals surface area contributed by atoms with Crippen molar-refractivity contribution in [2.45, 2.75) is 19.8 Å². The topological polar surface area (TPSA) is 43.1 Å². The van der Waals surface area contributed by atoms with Crippen LogP contribution in [0.3, 0.4) is 0 Å². The molecule has 0 atom stereocenters. The van der Waals surface area contributed by atoms with Gasteiger partial charge in [-0.25, -0.2) is 0 Å². The van der Waals surface area contributed by atoms with E-state index in [0.29, 0.717) is 6.42 Å². The van der Waals surface area contributed by atoms with Crippen molar-refractivity contribution in [3.8, 4) is 22.3 Å². The Bertz CT molecular complexity index is 693. The highest BCUT2D eigenvalue weighted by Crippen LogP contribution is 2.31. The summed E-state index contributed by atoms with van der Waals surface area (Å²) in [5, 5.41) is 0. The van der Waals surface area contributed by atoms with Gasteiger partial charge in [-0.2, -0.15) is 0 Å². The van der Waals surface area contributed by atoms with Gasteiger partial charge >= 0.3 is 0 Å². The largest absolute Gasteiger partial charge is 0.370 e. The fourth-order valence-corrected chi connectivity index (χ4v) is 2.47. The molecule has 0 aliphatic heterocycles. The van der Waals surface area contributed by atoms with Crippen LogP contribution in [-0.4, -0.2) is 5.91 Å². The minimum absolute atomic E-state index is 0.211. The summed E-state index contributed by atoms with van der Waals surface area (Å²) in [6.07, 6.45) is 1.37. The molecule has 24 heavy (non-hydrogen) atoms. The van der Waals surface area contributed by atoms with Crippen molar-refractivity contribution < 1.29 is 4.79 Å². The Balaban J connectivity index is 0.000000301. The highest BCUT2D eigenvalue weighted by atomic mass is 16.1. The SMILES string of the molecule is CCCC(N)=O.c1ccc(-c2ccccc2-c2ccccc2)cc1. The Hall–Kier alpha value is -2.87. The third-order valence-electron chi connectivity index (χ3n) is 3.59. The summed E-state index contributed by atoms with van der Waals surface area (Å²) in [5.74, 6) is -0.211. The van der Waals surface area contributed by atoms with Crippen molar-refractivity contribution >= 4 is 5.91 Å². The zero-order chi connectivity index (χ0) is 17.2. The molecule has 0 aliphatic rings. The summed E-state index contributed by atoms with van der Waals surface area (Å²) in [6, 6.07) is 29.6. The Kier molecular flexibility index (Phi) is 6.78. The van der Waals surface area contributed by atoms with Crippen LogP contribution in [0.4, 0.5) is 0 Å². The third kappa shape index (κ3) is 5.10. The molecule has 0 saturated heterocycles. The van der Waals surface area contributed by atoms with Gasteiger partial charge in [0, 0.05) is 6.42 Å². The van der Waals surface area contributed by atoms with Crippen LogP contribution in [0.1, 0.15) is 19.8 Å². The highest BCUT2D eigenvalue weighted by molar-refractivity contribution is 5.83. The molecule has 3 aromatic rings. The van der Waals surface area contributed by atoms with E-state index < -0.39 is 0 Å². The molecule has 3 rings (SSSR count). The molecule has 122 valence electrons. The number of rotatable bonds is 4. The van der Waals surface area contributed by atoms with Gasteiger partial charge in [0.25, 0.3) is 0 Å². The molecular weight excluding hydrogens is 294 g/mol. The molecule has 2 heteroatoms. The summed E-state index contributed by atoms with van der Waals surface area (Å²) in [6.45, 7) is 1.92. The number of primary amides is 1. The van der Waals surface area contributed by atoms with E-state index in [4.69, 9.17) is 5.73 Å². The Morgan fingerprint density at radius 1 is 0.708 bits per heavy atom. The minimum Gasteiger partial charge on any atom is -0.370 e. The first kappa shape index (κ1) is 17.5. The third-order valence-corrected chi connectivity index (χ3v) is 3.59. The molecule has 1 amide bonds. The van der Waals surface area contributed by atoms with Crippen LogP contribution in [0, 0.1) is 0 Å². The standard InChI is InChI=1S/C18H14.C4H9NO/c1-3-9-15(10-4-1)17-13-7-8-14-18(17)16-11-5-2-6-12-16;1-2-3-4(5)6/h1-14H;2-3H2,1H3,(H2,5,6). The Labute approximate surface area is 144 Å². The van der Waals surface area contributed by atoms with Gasteiger partial charge in [0.1, 0.15) is 0 Å². The zero-order valence-electron chi connectivity index (χ0n) is 14.0. The second kappa shape index (κ2) is 9.31. The Morgan fingerprint density at radius 3 is 1.38 bits per heavy atom. The second-order valence-electron chi connectivity index (χ2n) is 5.49. The number of hydrogen-bond acceptors (Lipinski definition) is 1. The van der Waals surface area contributed by atoms with Crippen LogP contribution in [0.15, 0.2) is 84.9 Å². The maximum absolute atomic E-state index is 9.82. The fraction of sp³-hybridized carbons (Fsp3) is 0.136. The molecule has 0 unspecified atom stereocenters. The molecule has 0 bridgehead atoms. The monoisotopic (exact) mass is 317 g/mol.